The summed E-state index contributed by atoms with van der Waals surface area (Å²) in [5.41, 5.74) is 2.49. The standard InChI is InChI=1S/C11H11NOS2/c1-13-6-7-10-8(2-4-14-10)12-9-3-5-15-11(7)9/h2-5,7,12H,6H2,1H3. The van der Waals surface area contributed by atoms with Crippen LogP contribution in [0.3, 0.4) is 0 Å². The van der Waals surface area contributed by atoms with Crippen LogP contribution in [0, 0.1) is 0 Å². The highest BCUT2D eigenvalue weighted by Crippen LogP contribution is 2.46. The second kappa shape index (κ2) is 3.63. The Morgan fingerprint density at radius 3 is 2.33 bits per heavy atom. The summed E-state index contributed by atoms with van der Waals surface area (Å²) in [6, 6.07) is 4.28. The van der Waals surface area contributed by atoms with Gasteiger partial charge in [0.25, 0.3) is 0 Å². The van der Waals surface area contributed by atoms with Crippen molar-refractivity contribution in [3.05, 3.63) is 32.6 Å². The van der Waals surface area contributed by atoms with Crippen LogP contribution in [0.1, 0.15) is 15.7 Å². The van der Waals surface area contributed by atoms with Crippen LogP contribution >= 0.6 is 22.7 Å². The van der Waals surface area contributed by atoms with Crippen molar-refractivity contribution in [3.8, 4) is 0 Å². The van der Waals surface area contributed by atoms with Crippen molar-refractivity contribution >= 4 is 34.0 Å². The van der Waals surface area contributed by atoms with Gasteiger partial charge in [-0.05, 0) is 22.9 Å². The maximum absolute atomic E-state index is 5.32. The summed E-state index contributed by atoms with van der Waals surface area (Å²) >= 11 is 3.61. The monoisotopic (exact) mass is 237 g/mol. The zero-order chi connectivity index (χ0) is 10.3. The van der Waals surface area contributed by atoms with Gasteiger partial charge >= 0.3 is 0 Å². The van der Waals surface area contributed by atoms with Gasteiger partial charge in [0.05, 0.1) is 23.9 Å². The molecule has 78 valence electrons. The molecule has 0 aromatic carbocycles. The van der Waals surface area contributed by atoms with E-state index in [-0.39, 0.29) is 0 Å². The van der Waals surface area contributed by atoms with Crippen molar-refractivity contribution in [2.45, 2.75) is 5.92 Å². The molecule has 1 aliphatic rings. The van der Waals surface area contributed by atoms with Crippen LogP contribution in [0.4, 0.5) is 11.4 Å². The van der Waals surface area contributed by atoms with Crippen LogP contribution in [-0.4, -0.2) is 13.7 Å². The maximum Gasteiger partial charge on any atom is 0.0589 e. The molecule has 0 saturated carbocycles. The van der Waals surface area contributed by atoms with Gasteiger partial charge in [-0.15, -0.1) is 22.7 Å². The average Bonchev–Trinajstić information content (AvgIpc) is 2.84. The van der Waals surface area contributed by atoms with E-state index in [1.165, 1.54) is 21.1 Å². The third kappa shape index (κ3) is 1.40. The molecule has 2 aromatic rings. The number of anilines is 2. The minimum atomic E-state index is 0.418. The van der Waals surface area contributed by atoms with E-state index < -0.39 is 0 Å². The van der Waals surface area contributed by atoms with Gasteiger partial charge in [0.2, 0.25) is 0 Å². The van der Waals surface area contributed by atoms with E-state index in [2.05, 4.69) is 28.2 Å². The van der Waals surface area contributed by atoms with Crippen LogP contribution in [-0.2, 0) is 4.74 Å². The molecule has 0 bridgehead atoms. The molecule has 2 nitrogen and oxygen atoms in total. The second-order valence-corrected chi connectivity index (χ2v) is 5.43. The number of hydrogen-bond acceptors (Lipinski definition) is 4. The molecule has 2 aromatic heterocycles. The first-order valence-corrected chi connectivity index (χ1v) is 6.57. The van der Waals surface area contributed by atoms with E-state index in [0.29, 0.717) is 5.92 Å². The van der Waals surface area contributed by atoms with E-state index in [1.807, 2.05) is 0 Å². The number of nitrogens with one attached hydrogen (secondary N) is 1. The van der Waals surface area contributed by atoms with E-state index in [0.717, 1.165) is 6.61 Å². The van der Waals surface area contributed by atoms with E-state index in [9.17, 15) is 0 Å². The molecule has 1 aliphatic heterocycles. The molecular weight excluding hydrogens is 226 g/mol. The van der Waals surface area contributed by atoms with Gasteiger partial charge in [0.1, 0.15) is 0 Å². The lowest BCUT2D eigenvalue weighted by molar-refractivity contribution is 0.191. The Morgan fingerprint density at radius 2 is 1.80 bits per heavy atom. The van der Waals surface area contributed by atoms with E-state index >= 15 is 0 Å². The first-order chi connectivity index (χ1) is 7.40. The van der Waals surface area contributed by atoms with Crippen LogP contribution in [0.2, 0.25) is 0 Å². The van der Waals surface area contributed by atoms with Gasteiger partial charge in [-0.3, -0.25) is 0 Å². The first kappa shape index (κ1) is 9.39. The summed E-state index contributed by atoms with van der Waals surface area (Å²) in [6.45, 7) is 0.767. The molecule has 0 unspecified atom stereocenters. The highest BCUT2D eigenvalue weighted by molar-refractivity contribution is 7.12. The highest BCUT2D eigenvalue weighted by atomic mass is 32.1. The van der Waals surface area contributed by atoms with Crippen molar-refractivity contribution in [3.63, 3.8) is 0 Å². The van der Waals surface area contributed by atoms with Crippen molar-refractivity contribution in [2.75, 3.05) is 19.0 Å². The molecule has 15 heavy (non-hydrogen) atoms. The summed E-state index contributed by atoms with van der Waals surface area (Å²) in [6.07, 6.45) is 0. The molecule has 4 heteroatoms. The van der Waals surface area contributed by atoms with E-state index in [1.54, 1.807) is 29.8 Å². The average molecular weight is 237 g/mol. The predicted molar refractivity (Wildman–Crippen MR) is 65.6 cm³/mol. The number of methoxy groups -OCH3 is 1. The zero-order valence-electron chi connectivity index (χ0n) is 8.32. The zero-order valence-corrected chi connectivity index (χ0v) is 9.95. The molecule has 3 rings (SSSR count). The summed E-state index contributed by atoms with van der Waals surface area (Å²) in [4.78, 5) is 2.79. The van der Waals surface area contributed by atoms with Gasteiger partial charge in [-0.1, -0.05) is 0 Å². The Morgan fingerprint density at radius 1 is 1.20 bits per heavy atom. The summed E-state index contributed by atoms with van der Waals surface area (Å²) < 4.78 is 5.32. The molecule has 0 saturated heterocycles. The first-order valence-electron chi connectivity index (χ1n) is 4.81. The normalized spacial score (nSPS) is 14.5. The minimum Gasteiger partial charge on any atom is -0.384 e. The molecule has 0 amide bonds. The number of hydrogen-bond donors (Lipinski definition) is 1. The lowest BCUT2D eigenvalue weighted by atomic mass is 10.0. The molecule has 3 heterocycles. The fourth-order valence-electron chi connectivity index (χ4n) is 1.97. The maximum atomic E-state index is 5.32. The number of ether oxygens (including phenoxy) is 1. The van der Waals surface area contributed by atoms with Gasteiger partial charge in [-0.2, -0.15) is 0 Å². The lowest BCUT2D eigenvalue weighted by Gasteiger charge is -2.23. The van der Waals surface area contributed by atoms with Gasteiger partial charge < -0.3 is 10.1 Å². The Labute approximate surface area is 96.5 Å². The smallest absolute Gasteiger partial charge is 0.0589 e. The van der Waals surface area contributed by atoms with Gasteiger partial charge in [0, 0.05) is 16.9 Å². The van der Waals surface area contributed by atoms with Crippen molar-refractivity contribution in [1.29, 1.82) is 0 Å². The molecule has 0 atom stereocenters. The fraction of sp³-hybridized carbons (Fsp3) is 0.273. The number of thiophene rings is 2. The predicted octanol–water partition coefficient (Wildman–Crippen LogP) is 3.64. The molecular formula is C11H11NOS2. The summed E-state index contributed by atoms with van der Waals surface area (Å²) in [5, 5.41) is 7.73. The fourth-order valence-corrected chi connectivity index (χ4v) is 3.94. The number of rotatable bonds is 2. The third-order valence-corrected chi connectivity index (χ3v) is 4.69. The third-order valence-electron chi connectivity index (χ3n) is 2.63. The minimum absolute atomic E-state index is 0.418. The second-order valence-electron chi connectivity index (χ2n) is 3.53. The van der Waals surface area contributed by atoms with Crippen molar-refractivity contribution in [1.82, 2.24) is 0 Å². The summed E-state index contributed by atoms with van der Waals surface area (Å²) in [7, 11) is 1.77. The highest BCUT2D eigenvalue weighted by Gasteiger charge is 2.27. The van der Waals surface area contributed by atoms with Crippen LogP contribution in [0.5, 0.6) is 0 Å². The van der Waals surface area contributed by atoms with Crippen LogP contribution in [0.15, 0.2) is 22.9 Å². The molecule has 1 N–H and O–H groups in total. The Bertz CT molecular complexity index is 434. The Kier molecular flexibility index (Phi) is 2.27. The molecule has 0 aliphatic carbocycles. The number of fused-ring (bicyclic) bond motifs is 2. The van der Waals surface area contributed by atoms with Crippen molar-refractivity contribution in [2.24, 2.45) is 0 Å². The Balaban J connectivity index is 2.10. The quantitative estimate of drug-likeness (QED) is 0.861. The lowest BCUT2D eigenvalue weighted by Crippen LogP contribution is -2.12. The van der Waals surface area contributed by atoms with Crippen molar-refractivity contribution < 1.29 is 4.74 Å². The molecule has 0 fully saturated rings. The SMILES string of the molecule is COCC1c2sccc2Nc2ccsc21. The Hall–Kier alpha value is -0.840. The summed E-state index contributed by atoms with van der Waals surface area (Å²) in [5.74, 6) is 0.418. The van der Waals surface area contributed by atoms with E-state index in [4.69, 9.17) is 4.74 Å². The van der Waals surface area contributed by atoms with Gasteiger partial charge in [0.15, 0.2) is 0 Å². The van der Waals surface area contributed by atoms with Crippen LogP contribution in [0.25, 0.3) is 0 Å². The molecule has 0 radical (unpaired) electrons. The topological polar surface area (TPSA) is 21.3 Å². The largest absolute Gasteiger partial charge is 0.384 e. The van der Waals surface area contributed by atoms with Crippen LogP contribution < -0.4 is 5.32 Å². The van der Waals surface area contributed by atoms with Gasteiger partial charge in [-0.25, -0.2) is 0 Å². The molecule has 0 spiro atoms.